The molecule has 0 radical (unpaired) electrons. The van der Waals surface area contributed by atoms with Crippen molar-refractivity contribution >= 4 is 22.6 Å². The highest BCUT2D eigenvalue weighted by atomic mass is 127. The number of hydrogen-bond donors (Lipinski definition) is 1. The summed E-state index contributed by atoms with van der Waals surface area (Å²) < 4.78 is 6.21. The van der Waals surface area contributed by atoms with Gasteiger partial charge in [-0.25, -0.2) is 0 Å². The van der Waals surface area contributed by atoms with Crippen LogP contribution in [0.1, 0.15) is 13.3 Å². The zero-order valence-electron chi connectivity index (χ0n) is 5.43. The Morgan fingerprint density at radius 1 is 1.89 bits per heavy atom. The van der Waals surface area contributed by atoms with Crippen LogP contribution in [0.25, 0.3) is 0 Å². The molecule has 0 amide bonds. The standard InChI is InChI=1S/C6H11IO2/c1-6(4-7)5(8)2-3-9-6/h5,8H,2-4H2,1H3/t5-,6-/m1/s1. The summed E-state index contributed by atoms with van der Waals surface area (Å²) >= 11 is 2.24. The summed E-state index contributed by atoms with van der Waals surface area (Å²) in [5, 5.41) is 9.32. The fraction of sp³-hybridized carbons (Fsp3) is 1.00. The van der Waals surface area contributed by atoms with Gasteiger partial charge in [0.15, 0.2) is 0 Å². The molecular weight excluding hydrogens is 231 g/mol. The Labute approximate surface area is 68.7 Å². The number of rotatable bonds is 1. The Morgan fingerprint density at radius 2 is 2.56 bits per heavy atom. The van der Waals surface area contributed by atoms with Crippen LogP contribution in [0.15, 0.2) is 0 Å². The maximum atomic E-state index is 9.32. The first-order valence-corrected chi connectivity index (χ1v) is 4.59. The topological polar surface area (TPSA) is 29.5 Å². The van der Waals surface area contributed by atoms with Crippen molar-refractivity contribution in [3.05, 3.63) is 0 Å². The maximum absolute atomic E-state index is 9.32. The molecule has 0 aromatic heterocycles. The van der Waals surface area contributed by atoms with Crippen LogP contribution in [0.5, 0.6) is 0 Å². The molecule has 1 aliphatic heterocycles. The van der Waals surface area contributed by atoms with Gasteiger partial charge in [-0.05, 0) is 13.3 Å². The molecule has 9 heavy (non-hydrogen) atoms. The summed E-state index contributed by atoms with van der Waals surface area (Å²) in [6.45, 7) is 2.66. The minimum atomic E-state index is -0.263. The minimum Gasteiger partial charge on any atom is -0.390 e. The van der Waals surface area contributed by atoms with Gasteiger partial charge in [0, 0.05) is 4.43 Å². The molecule has 0 aromatic carbocycles. The van der Waals surface area contributed by atoms with E-state index in [9.17, 15) is 5.11 Å². The Bertz CT molecular complexity index is 107. The van der Waals surface area contributed by atoms with E-state index < -0.39 is 0 Å². The molecule has 1 fully saturated rings. The van der Waals surface area contributed by atoms with Crippen molar-refractivity contribution in [2.24, 2.45) is 0 Å². The van der Waals surface area contributed by atoms with E-state index in [1.807, 2.05) is 6.92 Å². The summed E-state index contributed by atoms with van der Waals surface area (Å²) in [7, 11) is 0. The van der Waals surface area contributed by atoms with Gasteiger partial charge in [0.2, 0.25) is 0 Å². The predicted octanol–water partition coefficient (Wildman–Crippen LogP) is 0.961. The molecule has 2 atom stereocenters. The molecule has 0 aromatic rings. The van der Waals surface area contributed by atoms with Crippen LogP contribution >= 0.6 is 22.6 Å². The lowest BCUT2D eigenvalue weighted by molar-refractivity contribution is -0.0226. The van der Waals surface area contributed by atoms with Gasteiger partial charge < -0.3 is 9.84 Å². The van der Waals surface area contributed by atoms with Crippen LogP contribution in [0.2, 0.25) is 0 Å². The molecule has 0 bridgehead atoms. The second-order valence-corrected chi connectivity index (χ2v) is 3.36. The Hall–Kier alpha value is 0.650. The van der Waals surface area contributed by atoms with Gasteiger partial charge in [-0.3, -0.25) is 0 Å². The average Bonchev–Trinajstić information content (AvgIpc) is 2.15. The van der Waals surface area contributed by atoms with Crippen molar-refractivity contribution in [1.82, 2.24) is 0 Å². The summed E-state index contributed by atoms with van der Waals surface area (Å²) in [5.74, 6) is 0. The van der Waals surface area contributed by atoms with Crippen molar-refractivity contribution in [2.75, 3.05) is 11.0 Å². The Balaban J connectivity index is 2.56. The molecule has 3 heteroatoms. The van der Waals surface area contributed by atoms with Gasteiger partial charge in [-0.1, -0.05) is 22.6 Å². The number of alkyl halides is 1. The maximum Gasteiger partial charge on any atom is 0.100 e. The highest BCUT2D eigenvalue weighted by Crippen LogP contribution is 2.27. The molecule has 1 saturated heterocycles. The molecule has 54 valence electrons. The van der Waals surface area contributed by atoms with Crippen molar-refractivity contribution in [3.63, 3.8) is 0 Å². The molecule has 1 rings (SSSR count). The SMILES string of the molecule is C[C@]1(CI)OCC[C@H]1O. The number of aliphatic hydroxyl groups excluding tert-OH is 1. The second-order valence-electron chi connectivity index (χ2n) is 2.60. The van der Waals surface area contributed by atoms with Gasteiger partial charge in [0.25, 0.3) is 0 Å². The fourth-order valence-electron chi connectivity index (χ4n) is 0.933. The minimum absolute atomic E-state index is 0.255. The lowest BCUT2D eigenvalue weighted by Gasteiger charge is -2.23. The molecule has 0 saturated carbocycles. The van der Waals surface area contributed by atoms with E-state index in [1.54, 1.807) is 0 Å². The zero-order chi connectivity index (χ0) is 6.91. The Kier molecular flexibility index (Phi) is 2.34. The Morgan fingerprint density at radius 3 is 2.78 bits per heavy atom. The summed E-state index contributed by atoms with van der Waals surface area (Å²) in [4.78, 5) is 0. The second kappa shape index (κ2) is 2.72. The third kappa shape index (κ3) is 1.38. The van der Waals surface area contributed by atoms with Gasteiger partial charge in [-0.2, -0.15) is 0 Å². The van der Waals surface area contributed by atoms with Crippen molar-refractivity contribution in [3.8, 4) is 0 Å². The predicted molar refractivity (Wildman–Crippen MR) is 43.9 cm³/mol. The van der Waals surface area contributed by atoms with E-state index in [0.717, 1.165) is 10.8 Å². The van der Waals surface area contributed by atoms with Crippen LogP contribution in [-0.2, 0) is 4.74 Å². The first-order valence-electron chi connectivity index (χ1n) is 3.07. The molecule has 0 spiro atoms. The first kappa shape index (κ1) is 7.75. The van der Waals surface area contributed by atoms with Gasteiger partial charge in [0.1, 0.15) is 5.60 Å². The van der Waals surface area contributed by atoms with E-state index in [2.05, 4.69) is 22.6 Å². The molecule has 1 N–H and O–H groups in total. The van der Waals surface area contributed by atoms with Gasteiger partial charge >= 0.3 is 0 Å². The normalized spacial score (nSPS) is 43.7. The fourth-order valence-corrected chi connectivity index (χ4v) is 1.66. The summed E-state index contributed by atoms with van der Waals surface area (Å²) in [5.41, 5.74) is -0.263. The molecule has 1 heterocycles. The molecule has 1 aliphatic rings. The third-order valence-electron chi connectivity index (χ3n) is 1.79. The van der Waals surface area contributed by atoms with Crippen molar-refractivity contribution < 1.29 is 9.84 Å². The van der Waals surface area contributed by atoms with Crippen LogP contribution < -0.4 is 0 Å². The largest absolute Gasteiger partial charge is 0.390 e. The van der Waals surface area contributed by atoms with Gasteiger partial charge in [0.05, 0.1) is 12.7 Å². The number of halogens is 1. The highest BCUT2D eigenvalue weighted by molar-refractivity contribution is 14.1. The summed E-state index contributed by atoms with van der Waals surface area (Å²) in [6, 6.07) is 0. The molecule has 0 aliphatic carbocycles. The molecular formula is C6H11IO2. The number of ether oxygens (including phenoxy) is 1. The smallest absolute Gasteiger partial charge is 0.100 e. The van der Waals surface area contributed by atoms with Crippen LogP contribution in [0.4, 0.5) is 0 Å². The zero-order valence-corrected chi connectivity index (χ0v) is 7.59. The molecule has 2 nitrogen and oxygen atoms in total. The highest BCUT2D eigenvalue weighted by Gasteiger charge is 2.37. The van der Waals surface area contributed by atoms with Crippen molar-refractivity contribution in [1.29, 1.82) is 0 Å². The van der Waals surface area contributed by atoms with Crippen LogP contribution in [-0.4, -0.2) is 27.8 Å². The third-order valence-corrected chi connectivity index (χ3v) is 3.31. The monoisotopic (exact) mass is 242 g/mol. The quantitative estimate of drug-likeness (QED) is 0.548. The van der Waals surface area contributed by atoms with E-state index in [4.69, 9.17) is 4.74 Å². The molecule has 0 unspecified atom stereocenters. The summed E-state index contributed by atoms with van der Waals surface area (Å²) in [6.07, 6.45) is 0.536. The van der Waals surface area contributed by atoms with Crippen molar-refractivity contribution in [2.45, 2.75) is 25.0 Å². The van der Waals surface area contributed by atoms with E-state index in [-0.39, 0.29) is 11.7 Å². The lowest BCUT2D eigenvalue weighted by Crippen LogP contribution is -2.37. The lowest BCUT2D eigenvalue weighted by atomic mass is 10.0. The number of hydrogen-bond acceptors (Lipinski definition) is 2. The number of aliphatic hydroxyl groups is 1. The van der Waals surface area contributed by atoms with Gasteiger partial charge in [-0.15, -0.1) is 0 Å². The van der Waals surface area contributed by atoms with E-state index in [0.29, 0.717) is 6.61 Å². The first-order chi connectivity index (χ1) is 4.19. The van der Waals surface area contributed by atoms with Crippen LogP contribution in [0.3, 0.4) is 0 Å². The average molecular weight is 242 g/mol. The van der Waals surface area contributed by atoms with E-state index in [1.165, 1.54) is 0 Å². The van der Waals surface area contributed by atoms with E-state index >= 15 is 0 Å². The van der Waals surface area contributed by atoms with Crippen LogP contribution in [0, 0.1) is 0 Å².